The first-order chi connectivity index (χ1) is 9.70. The van der Waals surface area contributed by atoms with Crippen LogP contribution in [-0.4, -0.2) is 11.1 Å². The van der Waals surface area contributed by atoms with Gasteiger partial charge in [0.2, 0.25) is 0 Å². The number of carbonyl (C=O) groups excluding carboxylic acids is 1. The number of carbonyl (C=O) groups is 1. The van der Waals surface area contributed by atoms with Gasteiger partial charge in [0.05, 0.1) is 16.9 Å². The fourth-order valence-electron chi connectivity index (χ4n) is 1.62. The Hall–Kier alpha value is -1.98. The predicted molar refractivity (Wildman–Crippen MR) is 81.0 cm³/mol. The molecule has 1 aliphatic rings. The Kier molecular flexibility index (Phi) is 3.62. The van der Waals surface area contributed by atoms with Gasteiger partial charge in [-0.1, -0.05) is 11.6 Å². The number of aliphatic imine (C=N–C) groups is 1. The van der Waals surface area contributed by atoms with Crippen LogP contribution in [0.3, 0.4) is 0 Å². The molecule has 1 aromatic carbocycles. The summed E-state index contributed by atoms with van der Waals surface area (Å²) in [6, 6.07) is 10.6. The molecule has 1 aromatic heterocycles. The van der Waals surface area contributed by atoms with Gasteiger partial charge in [-0.05, 0) is 48.2 Å². The van der Waals surface area contributed by atoms with Gasteiger partial charge in [-0.25, -0.2) is 4.99 Å². The number of amides is 1. The highest BCUT2D eigenvalue weighted by atomic mass is 35.5. The third kappa shape index (κ3) is 2.95. The van der Waals surface area contributed by atoms with Crippen LogP contribution in [0.4, 0.5) is 5.69 Å². The Labute approximate surface area is 124 Å². The number of amidine groups is 1. The van der Waals surface area contributed by atoms with Gasteiger partial charge in [0.25, 0.3) is 5.91 Å². The maximum atomic E-state index is 11.8. The smallest absolute Gasteiger partial charge is 0.264 e. The first kappa shape index (κ1) is 13.0. The van der Waals surface area contributed by atoms with Gasteiger partial charge in [-0.3, -0.25) is 4.79 Å². The average Bonchev–Trinajstić information content (AvgIpc) is 3.04. The number of halogens is 1. The first-order valence-corrected chi connectivity index (χ1v) is 6.99. The van der Waals surface area contributed by atoms with Crippen molar-refractivity contribution in [2.24, 2.45) is 4.99 Å². The van der Waals surface area contributed by atoms with E-state index in [0.717, 1.165) is 5.69 Å². The second kappa shape index (κ2) is 5.56. The van der Waals surface area contributed by atoms with Crippen LogP contribution in [0, 0.1) is 0 Å². The van der Waals surface area contributed by atoms with Crippen molar-refractivity contribution in [2.45, 2.75) is 0 Å². The number of nitrogens with one attached hydrogen (secondary N) is 1. The Morgan fingerprint density at radius 1 is 1.25 bits per heavy atom. The lowest BCUT2D eigenvalue weighted by Gasteiger charge is -1.96. The van der Waals surface area contributed by atoms with Gasteiger partial charge in [-0.2, -0.15) is 0 Å². The minimum atomic E-state index is -0.181. The van der Waals surface area contributed by atoms with Gasteiger partial charge >= 0.3 is 0 Å². The van der Waals surface area contributed by atoms with Crippen molar-refractivity contribution < 1.29 is 9.21 Å². The van der Waals surface area contributed by atoms with E-state index in [4.69, 9.17) is 16.0 Å². The summed E-state index contributed by atoms with van der Waals surface area (Å²) in [5.41, 5.74) is 0.733. The average molecular weight is 305 g/mol. The summed E-state index contributed by atoms with van der Waals surface area (Å²) in [5, 5.41) is 3.90. The quantitative estimate of drug-likeness (QED) is 0.858. The van der Waals surface area contributed by atoms with Crippen molar-refractivity contribution in [3.63, 3.8) is 0 Å². The van der Waals surface area contributed by atoms with Crippen LogP contribution < -0.4 is 5.32 Å². The molecule has 6 heteroatoms. The molecule has 2 heterocycles. The van der Waals surface area contributed by atoms with E-state index in [1.807, 2.05) is 0 Å². The first-order valence-electron chi connectivity index (χ1n) is 5.79. The Bertz CT molecular complexity index is 690. The summed E-state index contributed by atoms with van der Waals surface area (Å²) < 4.78 is 5.19. The molecule has 100 valence electrons. The van der Waals surface area contributed by atoms with Gasteiger partial charge in [0, 0.05) is 11.1 Å². The number of benzene rings is 1. The minimum Gasteiger partial charge on any atom is -0.465 e. The van der Waals surface area contributed by atoms with Crippen LogP contribution in [0.5, 0.6) is 0 Å². The van der Waals surface area contributed by atoms with Crippen molar-refractivity contribution >= 4 is 46.2 Å². The van der Waals surface area contributed by atoms with Crippen molar-refractivity contribution in [2.75, 3.05) is 0 Å². The number of hydrogen-bond acceptors (Lipinski definition) is 4. The molecule has 1 aliphatic heterocycles. The zero-order valence-corrected chi connectivity index (χ0v) is 11.7. The summed E-state index contributed by atoms with van der Waals surface area (Å²) in [6.07, 6.45) is 3.25. The lowest BCUT2D eigenvalue weighted by Crippen LogP contribution is -2.19. The normalized spacial score (nSPS) is 18.8. The molecule has 1 fully saturated rings. The Morgan fingerprint density at radius 2 is 2.05 bits per heavy atom. The molecule has 0 spiro atoms. The zero-order chi connectivity index (χ0) is 13.9. The maximum Gasteiger partial charge on any atom is 0.264 e. The molecule has 20 heavy (non-hydrogen) atoms. The van der Waals surface area contributed by atoms with Crippen molar-refractivity contribution in [3.8, 4) is 0 Å². The molecule has 4 nitrogen and oxygen atoms in total. The molecule has 0 unspecified atom stereocenters. The van der Waals surface area contributed by atoms with E-state index in [1.54, 1.807) is 48.7 Å². The topological polar surface area (TPSA) is 54.6 Å². The van der Waals surface area contributed by atoms with Crippen LogP contribution in [0.25, 0.3) is 6.08 Å². The van der Waals surface area contributed by atoms with Crippen LogP contribution in [-0.2, 0) is 4.79 Å². The fraction of sp³-hybridized carbons (Fsp3) is 0. The predicted octanol–water partition coefficient (Wildman–Crippen LogP) is 3.82. The summed E-state index contributed by atoms with van der Waals surface area (Å²) in [7, 11) is 0. The van der Waals surface area contributed by atoms with Crippen LogP contribution in [0.2, 0.25) is 5.02 Å². The maximum absolute atomic E-state index is 11.8. The molecule has 2 aromatic rings. The fourth-order valence-corrected chi connectivity index (χ4v) is 2.56. The van der Waals surface area contributed by atoms with Gasteiger partial charge < -0.3 is 9.73 Å². The molecular formula is C14H9ClN2O2S. The highest BCUT2D eigenvalue weighted by molar-refractivity contribution is 8.18. The number of nitrogens with zero attached hydrogens (tertiary/aromatic N) is 1. The summed E-state index contributed by atoms with van der Waals surface area (Å²) in [6.45, 7) is 0. The molecular weight excluding hydrogens is 296 g/mol. The molecule has 3 rings (SSSR count). The molecule has 0 aliphatic carbocycles. The van der Waals surface area contributed by atoms with Gasteiger partial charge in [0.1, 0.15) is 5.76 Å². The summed E-state index contributed by atoms with van der Waals surface area (Å²) >= 11 is 7.08. The molecule has 0 bridgehead atoms. The molecule has 0 saturated carbocycles. The summed E-state index contributed by atoms with van der Waals surface area (Å²) in [5.74, 6) is 0.453. The zero-order valence-electron chi connectivity index (χ0n) is 10.2. The van der Waals surface area contributed by atoms with E-state index < -0.39 is 0 Å². The number of rotatable bonds is 2. The van der Waals surface area contributed by atoms with Gasteiger partial charge in [0.15, 0.2) is 5.17 Å². The SMILES string of the molecule is O=C1NC(=Nc2ccc(Cl)cc2)S/C1=C\c1ccco1. The second-order valence-corrected chi connectivity index (χ2v) is 5.44. The van der Waals surface area contributed by atoms with E-state index in [9.17, 15) is 4.79 Å². The highest BCUT2D eigenvalue weighted by Gasteiger charge is 2.24. The lowest BCUT2D eigenvalue weighted by atomic mass is 10.3. The monoisotopic (exact) mass is 304 g/mol. The Balaban J connectivity index is 1.81. The van der Waals surface area contributed by atoms with Crippen LogP contribution >= 0.6 is 23.4 Å². The van der Waals surface area contributed by atoms with Crippen LogP contribution in [0.15, 0.2) is 57.0 Å². The second-order valence-electron chi connectivity index (χ2n) is 3.97. The number of furan rings is 1. The summed E-state index contributed by atoms with van der Waals surface area (Å²) in [4.78, 5) is 16.7. The van der Waals surface area contributed by atoms with Crippen molar-refractivity contribution in [1.82, 2.24) is 5.32 Å². The molecule has 1 saturated heterocycles. The standard InChI is InChI=1S/C14H9ClN2O2S/c15-9-3-5-10(6-4-9)16-14-17-13(18)12(20-14)8-11-2-1-7-19-11/h1-8H,(H,16,17,18)/b12-8-. The molecule has 1 N–H and O–H groups in total. The minimum absolute atomic E-state index is 0.181. The van der Waals surface area contributed by atoms with E-state index >= 15 is 0 Å². The van der Waals surface area contributed by atoms with E-state index in [0.29, 0.717) is 20.9 Å². The molecule has 0 radical (unpaired) electrons. The van der Waals surface area contributed by atoms with Gasteiger partial charge in [-0.15, -0.1) is 0 Å². The highest BCUT2D eigenvalue weighted by Crippen LogP contribution is 2.28. The third-order valence-corrected chi connectivity index (χ3v) is 3.69. The number of thioether (sulfide) groups is 1. The van der Waals surface area contributed by atoms with Crippen LogP contribution in [0.1, 0.15) is 5.76 Å². The lowest BCUT2D eigenvalue weighted by molar-refractivity contribution is -0.115. The Morgan fingerprint density at radius 3 is 2.75 bits per heavy atom. The molecule has 0 atom stereocenters. The van der Waals surface area contributed by atoms with E-state index in [-0.39, 0.29) is 5.91 Å². The van der Waals surface area contributed by atoms with Crippen molar-refractivity contribution in [1.29, 1.82) is 0 Å². The largest absolute Gasteiger partial charge is 0.465 e. The third-order valence-electron chi connectivity index (χ3n) is 2.52. The van der Waals surface area contributed by atoms with Crippen molar-refractivity contribution in [3.05, 3.63) is 58.3 Å². The number of hydrogen-bond donors (Lipinski definition) is 1. The van der Waals surface area contributed by atoms with E-state index in [1.165, 1.54) is 11.8 Å². The molecule has 1 amide bonds. The van der Waals surface area contributed by atoms with E-state index in [2.05, 4.69) is 10.3 Å².